The summed E-state index contributed by atoms with van der Waals surface area (Å²) in [5.74, 6) is 0.255. The number of amides is 2. The second-order valence-electron chi connectivity index (χ2n) is 9.21. The van der Waals surface area contributed by atoms with Crippen molar-refractivity contribution in [3.63, 3.8) is 0 Å². The van der Waals surface area contributed by atoms with Crippen molar-refractivity contribution in [3.05, 3.63) is 29.6 Å². The summed E-state index contributed by atoms with van der Waals surface area (Å²) in [6, 6.07) is 1.88. The Hall–Kier alpha value is -3.64. The van der Waals surface area contributed by atoms with Crippen LogP contribution in [0.1, 0.15) is 44.9 Å². The van der Waals surface area contributed by atoms with Crippen LogP contribution in [0.3, 0.4) is 0 Å². The lowest BCUT2D eigenvalue weighted by Crippen LogP contribution is -2.50. The standard InChI is InChI=1S/C22H25F3N6O4/c1-12-16-17(26-11-27-18(16)29-19(32)34-12)14-9-13(22(23,24)25)10-15(28-14)30-5-7-31(8-6-30)20(33)35-21(2,3)4/h9-12H,5-8H2,1-4H3,(H,26,27,29,32). The molecule has 0 aliphatic carbocycles. The molecule has 4 rings (SSSR count). The zero-order valence-corrected chi connectivity index (χ0v) is 19.6. The van der Waals surface area contributed by atoms with Crippen LogP contribution in [0, 0.1) is 0 Å². The van der Waals surface area contributed by atoms with Crippen LogP contribution >= 0.6 is 0 Å². The first-order valence-electron chi connectivity index (χ1n) is 11.0. The van der Waals surface area contributed by atoms with Crippen molar-refractivity contribution in [2.24, 2.45) is 0 Å². The molecule has 1 saturated heterocycles. The van der Waals surface area contributed by atoms with Crippen molar-refractivity contribution < 1.29 is 32.2 Å². The summed E-state index contributed by atoms with van der Waals surface area (Å²) in [6.45, 7) is 7.93. The van der Waals surface area contributed by atoms with Gasteiger partial charge in [0, 0.05) is 26.2 Å². The van der Waals surface area contributed by atoms with E-state index in [4.69, 9.17) is 9.47 Å². The summed E-state index contributed by atoms with van der Waals surface area (Å²) in [4.78, 5) is 39.8. The number of nitrogens with zero attached hydrogens (tertiary/aromatic N) is 5. The summed E-state index contributed by atoms with van der Waals surface area (Å²) in [6.07, 6.45) is -5.46. The Morgan fingerprint density at radius 2 is 1.83 bits per heavy atom. The Kier molecular flexibility index (Phi) is 6.20. The highest BCUT2D eigenvalue weighted by atomic mass is 19.4. The molecule has 188 valence electrons. The minimum absolute atomic E-state index is 0.0327. The number of piperazine rings is 1. The smallest absolute Gasteiger partial charge is 0.416 e. The number of pyridine rings is 1. The summed E-state index contributed by atoms with van der Waals surface area (Å²) in [5.41, 5.74) is -1.12. The van der Waals surface area contributed by atoms with Gasteiger partial charge in [-0.25, -0.2) is 24.5 Å². The molecule has 0 spiro atoms. The summed E-state index contributed by atoms with van der Waals surface area (Å²) < 4.78 is 51.9. The van der Waals surface area contributed by atoms with Crippen LogP contribution in [0.2, 0.25) is 0 Å². The lowest BCUT2D eigenvalue weighted by molar-refractivity contribution is -0.137. The number of carbonyl (C=O) groups excluding carboxylic acids is 2. The fraction of sp³-hybridized carbons (Fsp3) is 0.500. The third-order valence-corrected chi connectivity index (χ3v) is 5.43. The number of rotatable bonds is 2. The Balaban J connectivity index is 1.66. The molecule has 0 bridgehead atoms. The lowest BCUT2D eigenvalue weighted by atomic mass is 10.0. The van der Waals surface area contributed by atoms with Crippen molar-refractivity contribution in [1.29, 1.82) is 0 Å². The van der Waals surface area contributed by atoms with Gasteiger partial charge in [-0.2, -0.15) is 13.2 Å². The van der Waals surface area contributed by atoms with E-state index in [0.29, 0.717) is 5.56 Å². The second kappa shape index (κ2) is 8.86. The van der Waals surface area contributed by atoms with Gasteiger partial charge in [0.2, 0.25) is 0 Å². The molecular weight excluding hydrogens is 469 g/mol. The van der Waals surface area contributed by atoms with Crippen molar-refractivity contribution in [1.82, 2.24) is 19.9 Å². The van der Waals surface area contributed by atoms with E-state index in [2.05, 4.69) is 20.3 Å². The summed E-state index contributed by atoms with van der Waals surface area (Å²) in [5, 5.41) is 2.43. The first-order valence-corrected chi connectivity index (χ1v) is 11.0. The number of anilines is 2. The Bertz CT molecular complexity index is 1140. The van der Waals surface area contributed by atoms with E-state index < -0.39 is 35.6 Å². The fourth-order valence-electron chi connectivity index (χ4n) is 3.84. The van der Waals surface area contributed by atoms with Gasteiger partial charge < -0.3 is 19.3 Å². The second-order valence-corrected chi connectivity index (χ2v) is 9.21. The van der Waals surface area contributed by atoms with E-state index in [9.17, 15) is 22.8 Å². The molecule has 35 heavy (non-hydrogen) atoms. The van der Waals surface area contributed by atoms with Gasteiger partial charge in [0.15, 0.2) is 0 Å². The Labute approximate surface area is 199 Å². The molecule has 1 atom stereocenters. The van der Waals surface area contributed by atoms with Crippen LogP contribution in [0.4, 0.5) is 34.4 Å². The van der Waals surface area contributed by atoms with Gasteiger partial charge in [-0.05, 0) is 39.8 Å². The summed E-state index contributed by atoms with van der Waals surface area (Å²) >= 11 is 0. The van der Waals surface area contributed by atoms with Crippen molar-refractivity contribution >= 4 is 23.8 Å². The normalized spacial score (nSPS) is 18.5. The average Bonchev–Trinajstić information content (AvgIpc) is 2.76. The number of carbonyl (C=O) groups is 2. The number of halogens is 3. The highest BCUT2D eigenvalue weighted by Gasteiger charge is 2.35. The number of alkyl halides is 3. The van der Waals surface area contributed by atoms with Gasteiger partial charge in [0.25, 0.3) is 0 Å². The molecule has 2 amide bonds. The number of cyclic esters (lactones) is 1. The molecule has 10 nitrogen and oxygen atoms in total. The topological polar surface area (TPSA) is 110 Å². The van der Waals surface area contributed by atoms with E-state index >= 15 is 0 Å². The maximum Gasteiger partial charge on any atom is 0.416 e. The van der Waals surface area contributed by atoms with Crippen molar-refractivity contribution in [2.45, 2.75) is 45.6 Å². The molecule has 1 unspecified atom stereocenters. The predicted octanol–water partition coefficient (Wildman–Crippen LogP) is 4.24. The average molecular weight is 494 g/mol. The van der Waals surface area contributed by atoms with Crippen LogP contribution in [0.25, 0.3) is 11.4 Å². The number of hydrogen-bond donors (Lipinski definition) is 1. The minimum Gasteiger partial charge on any atom is -0.444 e. The molecule has 4 heterocycles. The van der Waals surface area contributed by atoms with E-state index in [1.165, 1.54) is 4.90 Å². The highest BCUT2D eigenvalue weighted by molar-refractivity contribution is 5.88. The van der Waals surface area contributed by atoms with E-state index in [0.717, 1.165) is 18.5 Å². The zero-order chi connectivity index (χ0) is 25.5. The third-order valence-electron chi connectivity index (χ3n) is 5.43. The Morgan fingerprint density at radius 1 is 1.14 bits per heavy atom. The summed E-state index contributed by atoms with van der Waals surface area (Å²) in [7, 11) is 0. The van der Waals surface area contributed by atoms with Gasteiger partial charge >= 0.3 is 18.4 Å². The SMILES string of the molecule is CC1OC(=O)Nc2ncnc(-c3cc(C(F)(F)F)cc(N4CCN(C(=O)OC(C)(C)C)CC4)n3)c21. The quantitative estimate of drug-likeness (QED) is 0.660. The zero-order valence-electron chi connectivity index (χ0n) is 19.6. The van der Waals surface area contributed by atoms with Gasteiger partial charge in [-0.1, -0.05) is 0 Å². The molecular formula is C22H25F3N6O4. The molecule has 13 heteroatoms. The largest absolute Gasteiger partial charge is 0.444 e. The monoisotopic (exact) mass is 494 g/mol. The van der Waals surface area contributed by atoms with Crippen molar-refractivity contribution in [3.8, 4) is 11.4 Å². The lowest BCUT2D eigenvalue weighted by Gasteiger charge is -2.36. The first kappa shape index (κ1) is 24.5. The van der Waals surface area contributed by atoms with Gasteiger partial charge in [-0.15, -0.1) is 0 Å². The van der Waals surface area contributed by atoms with Crippen LogP contribution in [-0.2, 0) is 15.7 Å². The highest BCUT2D eigenvalue weighted by Crippen LogP contribution is 2.38. The van der Waals surface area contributed by atoms with Crippen molar-refractivity contribution in [2.75, 3.05) is 36.4 Å². The number of ether oxygens (including phenoxy) is 2. The number of aromatic nitrogens is 3. The van der Waals surface area contributed by atoms with Crippen LogP contribution in [-0.4, -0.2) is 63.8 Å². The maximum absolute atomic E-state index is 13.8. The molecule has 2 aromatic rings. The molecule has 1 fully saturated rings. The van der Waals surface area contributed by atoms with Crippen LogP contribution < -0.4 is 10.2 Å². The molecule has 2 aromatic heterocycles. The molecule has 2 aliphatic rings. The fourth-order valence-corrected chi connectivity index (χ4v) is 3.84. The first-order chi connectivity index (χ1) is 16.3. The third kappa shape index (κ3) is 5.38. The number of fused-ring (bicyclic) bond motifs is 1. The Morgan fingerprint density at radius 3 is 2.46 bits per heavy atom. The minimum atomic E-state index is -4.63. The van der Waals surface area contributed by atoms with Gasteiger partial charge in [-0.3, -0.25) is 5.32 Å². The van der Waals surface area contributed by atoms with E-state index in [1.807, 2.05) is 0 Å². The molecule has 0 saturated carbocycles. The predicted molar refractivity (Wildman–Crippen MR) is 119 cm³/mol. The van der Waals surface area contributed by atoms with Gasteiger partial charge in [0.1, 0.15) is 35.4 Å². The molecule has 0 aromatic carbocycles. The molecule has 2 aliphatic heterocycles. The molecule has 0 radical (unpaired) electrons. The van der Waals surface area contributed by atoms with Gasteiger partial charge in [0.05, 0.1) is 16.8 Å². The van der Waals surface area contributed by atoms with Crippen LogP contribution in [0.5, 0.6) is 0 Å². The maximum atomic E-state index is 13.8. The number of nitrogens with one attached hydrogen (secondary N) is 1. The van der Waals surface area contributed by atoms with E-state index in [-0.39, 0.29) is 49.2 Å². The number of hydrogen-bond acceptors (Lipinski definition) is 8. The molecule has 1 N–H and O–H groups in total. The van der Waals surface area contributed by atoms with Crippen LogP contribution in [0.15, 0.2) is 18.5 Å². The van der Waals surface area contributed by atoms with E-state index in [1.54, 1.807) is 32.6 Å².